The number of rotatable bonds is 3. The second-order valence-corrected chi connectivity index (χ2v) is 5.10. The van der Waals surface area contributed by atoms with E-state index in [2.05, 4.69) is 10.5 Å². The smallest absolute Gasteiger partial charge is 0.255 e. The Labute approximate surface area is 128 Å². The number of hydrogen-bond acceptors (Lipinski definition) is 3. The molecule has 0 aliphatic heterocycles. The second-order valence-electron chi connectivity index (χ2n) is 5.10. The van der Waals surface area contributed by atoms with Crippen molar-refractivity contribution in [3.63, 3.8) is 0 Å². The van der Waals surface area contributed by atoms with E-state index in [1.54, 1.807) is 19.9 Å². The third-order valence-corrected chi connectivity index (χ3v) is 3.50. The molecule has 0 spiro atoms. The van der Waals surface area contributed by atoms with Crippen LogP contribution in [0.15, 0.2) is 59.1 Å². The Balaban J connectivity index is 1.88. The van der Waals surface area contributed by atoms with Gasteiger partial charge in [0.2, 0.25) is 0 Å². The molecule has 110 valence electrons. The van der Waals surface area contributed by atoms with Gasteiger partial charge in [-0.2, -0.15) is 0 Å². The third-order valence-electron chi connectivity index (χ3n) is 3.50. The van der Waals surface area contributed by atoms with Gasteiger partial charge in [0.05, 0.1) is 0 Å². The van der Waals surface area contributed by atoms with E-state index in [1.165, 1.54) is 0 Å². The molecule has 0 saturated heterocycles. The molecule has 3 rings (SSSR count). The molecule has 0 radical (unpaired) electrons. The maximum absolute atomic E-state index is 12.4. The van der Waals surface area contributed by atoms with Crippen LogP contribution in [0.5, 0.6) is 0 Å². The number of carbonyl (C=O) groups excluding carboxylic acids is 1. The number of aromatic nitrogens is 1. The van der Waals surface area contributed by atoms with Crippen LogP contribution in [0, 0.1) is 13.8 Å². The molecule has 1 amide bonds. The van der Waals surface area contributed by atoms with E-state index >= 15 is 0 Å². The van der Waals surface area contributed by atoms with Gasteiger partial charge in [-0.25, -0.2) is 0 Å². The van der Waals surface area contributed by atoms with E-state index in [9.17, 15) is 4.79 Å². The molecule has 1 N–H and O–H groups in total. The molecule has 0 atom stereocenters. The zero-order chi connectivity index (χ0) is 15.5. The fourth-order valence-electron chi connectivity index (χ4n) is 2.32. The van der Waals surface area contributed by atoms with Gasteiger partial charge in [-0.1, -0.05) is 47.6 Å². The van der Waals surface area contributed by atoms with Crippen LogP contribution in [0.3, 0.4) is 0 Å². The van der Waals surface area contributed by atoms with E-state index in [0.29, 0.717) is 22.7 Å². The summed E-state index contributed by atoms with van der Waals surface area (Å²) in [5.41, 5.74) is 3.99. The summed E-state index contributed by atoms with van der Waals surface area (Å²) in [6, 6.07) is 17.5. The van der Waals surface area contributed by atoms with Crippen molar-refractivity contribution >= 4 is 11.6 Å². The summed E-state index contributed by atoms with van der Waals surface area (Å²) in [4.78, 5) is 12.4. The lowest BCUT2D eigenvalue weighted by Gasteiger charge is -2.07. The largest absolute Gasteiger partial charge is 0.359 e. The molecule has 4 nitrogen and oxygen atoms in total. The lowest BCUT2D eigenvalue weighted by molar-refractivity contribution is 0.102. The average Bonchev–Trinajstić information content (AvgIpc) is 2.88. The zero-order valence-corrected chi connectivity index (χ0v) is 12.5. The predicted octanol–water partition coefficient (Wildman–Crippen LogP) is 4.21. The minimum Gasteiger partial charge on any atom is -0.359 e. The highest BCUT2D eigenvalue weighted by Crippen LogP contribution is 2.22. The minimum absolute atomic E-state index is 0.174. The van der Waals surface area contributed by atoms with Crippen molar-refractivity contribution in [3.05, 3.63) is 71.6 Å². The summed E-state index contributed by atoms with van der Waals surface area (Å²) in [7, 11) is 0. The standard InChI is InChI=1S/C18H16N2O2/c1-12-17(13(2)22-20-12)19-18(21)16-10-6-9-15(11-16)14-7-4-3-5-8-14/h3-11H,1-2H3,(H,19,21). The van der Waals surface area contributed by atoms with Crippen molar-refractivity contribution in [3.8, 4) is 11.1 Å². The van der Waals surface area contributed by atoms with E-state index in [1.807, 2.05) is 48.5 Å². The van der Waals surface area contributed by atoms with Crippen molar-refractivity contribution in [2.75, 3.05) is 5.32 Å². The Kier molecular flexibility index (Phi) is 3.74. The lowest BCUT2D eigenvalue weighted by atomic mass is 10.0. The van der Waals surface area contributed by atoms with Crippen LogP contribution in [-0.2, 0) is 0 Å². The van der Waals surface area contributed by atoms with Crippen LogP contribution in [0.2, 0.25) is 0 Å². The van der Waals surface area contributed by atoms with Crippen molar-refractivity contribution in [2.24, 2.45) is 0 Å². The molecule has 0 unspecified atom stereocenters. The summed E-state index contributed by atoms with van der Waals surface area (Å²) < 4.78 is 5.06. The van der Waals surface area contributed by atoms with E-state index < -0.39 is 0 Å². The van der Waals surface area contributed by atoms with Crippen molar-refractivity contribution in [1.82, 2.24) is 5.16 Å². The molecule has 0 fully saturated rings. The number of anilines is 1. The Morgan fingerprint density at radius 3 is 2.41 bits per heavy atom. The minimum atomic E-state index is -0.174. The van der Waals surface area contributed by atoms with Crippen LogP contribution in [0.25, 0.3) is 11.1 Å². The van der Waals surface area contributed by atoms with Gasteiger partial charge in [-0.05, 0) is 37.1 Å². The molecule has 0 aliphatic carbocycles. The summed E-state index contributed by atoms with van der Waals surface area (Å²) >= 11 is 0. The molecule has 3 aromatic rings. The van der Waals surface area contributed by atoms with Crippen LogP contribution >= 0.6 is 0 Å². The monoisotopic (exact) mass is 292 g/mol. The number of nitrogens with one attached hydrogen (secondary N) is 1. The first-order chi connectivity index (χ1) is 10.6. The normalized spacial score (nSPS) is 10.5. The first kappa shape index (κ1) is 14.1. The summed E-state index contributed by atoms with van der Waals surface area (Å²) in [5, 5.41) is 6.70. The third kappa shape index (κ3) is 2.76. The number of aryl methyl sites for hydroxylation is 2. The fourth-order valence-corrected chi connectivity index (χ4v) is 2.32. The van der Waals surface area contributed by atoms with Crippen LogP contribution < -0.4 is 5.32 Å². The Morgan fingerprint density at radius 2 is 1.73 bits per heavy atom. The lowest BCUT2D eigenvalue weighted by Crippen LogP contribution is -2.12. The van der Waals surface area contributed by atoms with Crippen LogP contribution in [0.4, 0.5) is 5.69 Å². The van der Waals surface area contributed by atoms with Gasteiger partial charge in [0.25, 0.3) is 5.91 Å². The molecular weight excluding hydrogens is 276 g/mol. The fraction of sp³-hybridized carbons (Fsp3) is 0.111. The molecule has 4 heteroatoms. The number of nitrogens with zero attached hydrogens (tertiary/aromatic N) is 1. The maximum atomic E-state index is 12.4. The number of carbonyl (C=O) groups is 1. The Hall–Kier alpha value is -2.88. The van der Waals surface area contributed by atoms with Gasteiger partial charge in [-0.15, -0.1) is 0 Å². The van der Waals surface area contributed by atoms with E-state index in [-0.39, 0.29) is 5.91 Å². The molecule has 0 saturated carbocycles. The van der Waals surface area contributed by atoms with Crippen molar-refractivity contribution < 1.29 is 9.32 Å². The number of hydrogen-bond donors (Lipinski definition) is 1. The van der Waals surface area contributed by atoms with Crippen molar-refractivity contribution in [1.29, 1.82) is 0 Å². The van der Waals surface area contributed by atoms with E-state index in [0.717, 1.165) is 11.1 Å². The molecule has 22 heavy (non-hydrogen) atoms. The van der Waals surface area contributed by atoms with Gasteiger partial charge < -0.3 is 9.84 Å². The topological polar surface area (TPSA) is 55.1 Å². The summed E-state index contributed by atoms with van der Waals surface area (Å²) in [6.45, 7) is 3.57. The molecular formula is C18H16N2O2. The Morgan fingerprint density at radius 1 is 1.00 bits per heavy atom. The zero-order valence-electron chi connectivity index (χ0n) is 12.5. The highest BCUT2D eigenvalue weighted by Gasteiger charge is 2.14. The van der Waals surface area contributed by atoms with Crippen molar-refractivity contribution in [2.45, 2.75) is 13.8 Å². The molecule has 0 bridgehead atoms. The average molecular weight is 292 g/mol. The van der Waals surface area contributed by atoms with Gasteiger partial charge in [-0.3, -0.25) is 4.79 Å². The quantitative estimate of drug-likeness (QED) is 0.786. The number of amides is 1. The predicted molar refractivity (Wildman–Crippen MR) is 85.8 cm³/mol. The second kappa shape index (κ2) is 5.85. The molecule has 1 aromatic heterocycles. The van der Waals surface area contributed by atoms with Crippen LogP contribution in [-0.4, -0.2) is 11.1 Å². The van der Waals surface area contributed by atoms with Gasteiger partial charge in [0.1, 0.15) is 11.4 Å². The van der Waals surface area contributed by atoms with Gasteiger partial charge in [0.15, 0.2) is 5.76 Å². The molecule has 0 aliphatic rings. The van der Waals surface area contributed by atoms with Gasteiger partial charge in [0, 0.05) is 5.56 Å². The SMILES string of the molecule is Cc1noc(C)c1NC(=O)c1cccc(-c2ccccc2)c1. The van der Waals surface area contributed by atoms with E-state index in [4.69, 9.17) is 4.52 Å². The first-order valence-corrected chi connectivity index (χ1v) is 7.05. The number of benzene rings is 2. The first-order valence-electron chi connectivity index (χ1n) is 7.05. The highest BCUT2D eigenvalue weighted by atomic mass is 16.5. The Bertz CT molecular complexity index is 787. The summed E-state index contributed by atoms with van der Waals surface area (Å²) in [5.74, 6) is 0.428. The van der Waals surface area contributed by atoms with Gasteiger partial charge >= 0.3 is 0 Å². The highest BCUT2D eigenvalue weighted by molar-refractivity contribution is 6.05. The summed E-state index contributed by atoms with van der Waals surface area (Å²) in [6.07, 6.45) is 0. The maximum Gasteiger partial charge on any atom is 0.255 e. The van der Waals surface area contributed by atoms with Crippen LogP contribution in [0.1, 0.15) is 21.8 Å². The molecule has 2 aromatic carbocycles. The molecule has 1 heterocycles.